The summed E-state index contributed by atoms with van der Waals surface area (Å²) in [7, 11) is 2.11. The lowest BCUT2D eigenvalue weighted by molar-refractivity contribution is -0.129. The van der Waals surface area contributed by atoms with Crippen LogP contribution in [0.3, 0.4) is 0 Å². The van der Waals surface area contributed by atoms with E-state index >= 15 is 0 Å². The third-order valence-corrected chi connectivity index (χ3v) is 4.04. The summed E-state index contributed by atoms with van der Waals surface area (Å²) >= 11 is 5.94. The van der Waals surface area contributed by atoms with E-state index in [0.29, 0.717) is 17.2 Å². The molecule has 2 rings (SSSR count). The van der Waals surface area contributed by atoms with Gasteiger partial charge in [-0.1, -0.05) is 24.6 Å². The van der Waals surface area contributed by atoms with Crippen molar-refractivity contribution >= 4 is 17.5 Å². The van der Waals surface area contributed by atoms with E-state index in [0.717, 1.165) is 25.9 Å². The van der Waals surface area contributed by atoms with Gasteiger partial charge < -0.3 is 15.0 Å². The Kier molecular flexibility index (Phi) is 5.88. The number of carbonyl (C=O) groups is 1. The van der Waals surface area contributed by atoms with Gasteiger partial charge in [-0.3, -0.25) is 4.79 Å². The molecular formula is C16H23ClN2O2. The van der Waals surface area contributed by atoms with Gasteiger partial charge in [0.05, 0.1) is 0 Å². The van der Waals surface area contributed by atoms with Crippen LogP contribution in [0, 0.1) is 0 Å². The highest BCUT2D eigenvalue weighted by atomic mass is 35.5. The van der Waals surface area contributed by atoms with Crippen LogP contribution in [-0.4, -0.2) is 43.1 Å². The van der Waals surface area contributed by atoms with E-state index in [4.69, 9.17) is 16.3 Å². The van der Waals surface area contributed by atoms with Crippen molar-refractivity contribution in [3.63, 3.8) is 0 Å². The molecule has 1 aliphatic rings. The molecule has 116 valence electrons. The maximum Gasteiger partial charge on any atom is 0.261 e. The predicted molar refractivity (Wildman–Crippen MR) is 84.8 cm³/mol. The minimum absolute atomic E-state index is 0.0352. The van der Waals surface area contributed by atoms with Crippen LogP contribution in [0.2, 0.25) is 5.02 Å². The number of hydrogen-bond donors (Lipinski definition) is 1. The SMILES string of the molecule is CC[C@@H](Oc1cccc(Cl)c1)C(=O)NC1CCN(C)CC1. The Morgan fingerprint density at radius 3 is 2.81 bits per heavy atom. The smallest absolute Gasteiger partial charge is 0.261 e. The fourth-order valence-corrected chi connectivity index (χ4v) is 2.65. The molecule has 1 saturated heterocycles. The molecular weight excluding hydrogens is 288 g/mol. The number of nitrogens with one attached hydrogen (secondary N) is 1. The van der Waals surface area contributed by atoms with E-state index in [2.05, 4.69) is 17.3 Å². The second-order valence-corrected chi connectivity index (χ2v) is 5.99. The molecule has 0 saturated carbocycles. The molecule has 0 radical (unpaired) electrons. The molecule has 0 bridgehead atoms. The number of nitrogens with zero attached hydrogens (tertiary/aromatic N) is 1. The van der Waals surface area contributed by atoms with Crippen LogP contribution in [0.25, 0.3) is 0 Å². The Hall–Kier alpha value is -1.26. The van der Waals surface area contributed by atoms with Crippen molar-refractivity contribution in [2.45, 2.75) is 38.3 Å². The quantitative estimate of drug-likeness (QED) is 0.909. The number of amides is 1. The zero-order valence-corrected chi connectivity index (χ0v) is 13.4. The van der Waals surface area contributed by atoms with Crippen molar-refractivity contribution in [3.05, 3.63) is 29.3 Å². The van der Waals surface area contributed by atoms with E-state index in [-0.39, 0.29) is 11.9 Å². The summed E-state index contributed by atoms with van der Waals surface area (Å²) in [6, 6.07) is 7.41. The molecule has 1 aromatic carbocycles. The molecule has 1 heterocycles. The van der Waals surface area contributed by atoms with Crippen molar-refractivity contribution < 1.29 is 9.53 Å². The first-order valence-corrected chi connectivity index (χ1v) is 7.87. The molecule has 1 N–H and O–H groups in total. The summed E-state index contributed by atoms with van der Waals surface area (Å²) in [6.45, 7) is 4.00. The van der Waals surface area contributed by atoms with Gasteiger partial charge in [-0.05, 0) is 57.6 Å². The van der Waals surface area contributed by atoms with Crippen LogP contribution >= 0.6 is 11.6 Å². The number of ether oxygens (including phenoxy) is 1. The van der Waals surface area contributed by atoms with Gasteiger partial charge >= 0.3 is 0 Å². The van der Waals surface area contributed by atoms with Crippen LogP contribution in [0.4, 0.5) is 0 Å². The Labute approximate surface area is 131 Å². The monoisotopic (exact) mass is 310 g/mol. The number of piperidine rings is 1. The van der Waals surface area contributed by atoms with Crippen LogP contribution < -0.4 is 10.1 Å². The largest absolute Gasteiger partial charge is 0.481 e. The van der Waals surface area contributed by atoms with Gasteiger partial charge in [-0.2, -0.15) is 0 Å². The third-order valence-electron chi connectivity index (χ3n) is 3.80. The van der Waals surface area contributed by atoms with E-state index < -0.39 is 6.10 Å². The van der Waals surface area contributed by atoms with E-state index in [1.165, 1.54) is 0 Å². The zero-order valence-electron chi connectivity index (χ0n) is 12.6. The van der Waals surface area contributed by atoms with Gasteiger partial charge in [0.1, 0.15) is 5.75 Å². The minimum atomic E-state index is -0.469. The van der Waals surface area contributed by atoms with Gasteiger partial charge in [-0.15, -0.1) is 0 Å². The van der Waals surface area contributed by atoms with Gasteiger partial charge in [-0.25, -0.2) is 0 Å². The van der Waals surface area contributed by atoms with Crippen molar-refractivity contribution in [1.29, 1.82) is 0 Å². The molecule has 1 aliphatic heterocycles. The van der Waals surface area contributed by atoms with Crippen LogP contribution in [0.1, 0.15) is 26.2 Å². The molecule has 1 aromatic rings. The number of likely N-dealkylation sites (tertiary alicyclic amines) is 1. The van der Waals surface area contributed by atoms with Gasteiger partial charge in [0.15, 0.2) is 6.10 Å². The predicted octanol–water partition coefficient (Wildman–Crippen LogP) is 2.71. The minimum Gasteiger partial charge on any atom is -0.481 e. The first-order valence-electron chi connectivity index (χ1n) is 7.49. The lowest BCUT2D eigenvalue weighted by atomic mass is 10.1. The molecule has 5 heteroatoms. The molecule has 4 nitrogen and oxygen atoms in total. The summed E-state index contributed by atoms with van der Waals surface area (Å²) in [6.07, 6.45) is 2.15. The lowest BCUT2D eigenvalue weighted by Crippen LogP contribution is -2.47. The molecule has 0 spiro atoms. The Bertz CT molecular complexity index is 473. The molecule has 1 fully saturated rings. The maximum atomic E-state index is 12.3. The number of carbonyl (C=O) groups excluding carboxylic acids is 1. The standard InChI is InChI=1S/C16H23ClN2O2/c1-3-15(21-14-6-4-5-12(17)11-14)16(20)18-13-7-9-19(2)10-8-13/h4-6,11,13,15H,3,7-10H2,1-2H3,(H,18,20)/t15-/m1/s1. The van der Waals surface area contributed by atoms with Crippen LogP contribution in [0.15, 0.2) is 24.3 Å². The van der Waals surface area contributed by atoms with Gasteiger partial charge in [0, 0.05) is 11.1 Å². The molecule has 1 amide bonds. The molecule has 21 heavy (non-hydrogen) atoms. The lowest BCUT2D eigenvalue weighted by Gasteiger charge is -2.30. The molecule has 1 atom stereocenters. The summed E-state index contributed by atoms with van der Waals surface area (Å²) < 4.78 is 5.76. The average molecular weight is 311 g/mol. The first-order chi connectivity index (χ1) is 10.1. The van der Waals surface area contributed by atoms with Crippen LogP contribution in [-0.2, 0) is 4.79 Å². The Morgan fingerprint density at radius 1 is 1.48 bits per heavy atom. The summed E-state index contributed by atoms with van der Waals surface area (Å²) in [5, 5.41) is 3.71. The molecule has 0 aliphatic carbocycles. The highest BCUT2D eigenvalue weighted by molar-refractivity contribution is 6.30. The number of rotatable bonds is 5. The summed E-state index contributed by atoms with van der Waals surface area (Å²) in [5.74, 6) is 0.597. The van der Waals surface area contributed by atoms with E-state index in [1.807, 2.05) is 19.1 Å². The number of hydrogen-bond acceptors (Lipinski definition) is 3. The van der Waals surface area contributed by atoms with Crippen molar-refractivity contribution in [2.24, 2.45) is 0 Å². The summed E-state index contributed by atoms with van der Waals surface area (Å²) in [4.78, 5) is 14.6. The molecule has 0 unspecified atom stereocenters. The van der Waals surface area contributed by atoms with E-state index in [9.17, 15) is 4.79 Å². The Morgan fingerprint density at radius 2 is 2.19 bits per heavy atom. The number of benzene rings is 1. The van der Waals surface area contributed by atoms with Crippen LogP contribution in [0.5, 0.6) is 5.75 Å². The van der Waals surface area contributed by atoms with Gasteiger partial charge in [0.2, 0.25) is 0 Å². The average Bonchev–Trinajstić information content (AvgIpc) is 2.47. The zero-order chi connectivity index (χ0) is 15.2. The normalized spacial score (nSPS) is 18.2. The third kappa shape index (κ3) is 4.90. The topological polar surface area (TPSA) is 41.6 Å². The van der Waals surface area contributed by atoms with Crippen molar-refractivity contribution in [1.82, 2.24) is 10.2 Å². The second-order valence-electron chi connectivity index (χ2n) is 5.56. The van der Waals surface area contributed by atoms with E-state index in [1.54, 1.807) is 12.1 Å². The van der Waals surface area contributed by atoms with Gasteiger partial charge in [0.25, 0.3) is 5.91 Å². The highest BCUT2D eigenvalue weighted by Crippen LogP contribution is 2.19. The van der Waals surface area contributed by atoms with Crippen molar-refractivity contribution in [3.8, 4) is 5.75 Å². The molecule has 0 aromatic heterocycles. The second kappa shape index (κ2) is 7.66. The number of halogens is 1. The highest BCUT2D eigenvalue weighted by Gasteiger charge is 2.24. The fourth-order valence-electron chi connectivity index (χ4n) is 2.47. The fraction of sp³-hybridized carbons (Fsp3) is 0.562. The first kappa shape index (κ1) is 16.1. The maximum absolute atomic E-state index is 12.3. The van der Waals surface area contributed by atoms with Crippen molar-refractivity contribution in [2.75, 3.05) is 20.1 Å². The summed E-state index contributed by atoms with van der Waals surface area (Å²) in [5.41, 5.74) is 0. The Balaban J connectivity index is 1.89.